The van der Waals surface area contributed by atoms with Gasteiger partial charge in [-0.25, -0.2) is 0 Å². The molecule has 0 aromatic rings. The Kier molecular flexibility index (Phi) is 5.86. The summed E-state index contributed by atoms with van der Waals surface area (Å²) in [6.45, 7) is 8.42. The van der Waals surface area contributed by atoms with Crippen LogP contribution in [0.25, 0.3) is 0 Å². The van der Waals surface area contributed by atoms with Gasteiger partial charge in [0.1, 0.15) is 6.10 Å². The second kappa shape index (κ2) is 7.44. The van der Waals surface area contributed by atoms with E-state index in [0.29, 0.717) is 17.9 Å². The number of esters is 1. The quantitative estimate of drug-likeness (QED) is 0.578. The topological polar surface area (TPSA) is 35.5 Å². The van der Waals surface area contributed by atoms with Crippen LogP contribution in [-0.2, 0) is 14.3 Å². The molecular formula is C18H30O3. The first-order chi connectivity index (χ1) is 9.95. The van der Waals surface area contributed by atoms with E-state index in [1.54, 1.807) is 0 Å². The number of carbonyl (C=O) groups is 1. The minimum absolute atomic E-state index is 0.0616. The number of hydrogen-bond acceptors (Lipinski definition) is 3. The number of ether oxygens (including phenoxy) is 2. The third kappa shape index (κ3) is 4.84. The third-order valence-electron chi connectivity index (χ3n) is 4.90. The van der Waals surface area contributed by atoms with Crippen LogP contribution in [0.2, 0.25) is 0 Å². The first kappa shape index (κ1) is 16.5. The molecule has 3 unspecified atom stereocenters. The van der Waals surface area contributed by atoms with Crippen molar-refractivity contribution in [2.45, 2.75) is 78.1 Å². The van der Waals surface area contributed by atoms with Crippen LogP contribution < -0.4 is 0 Å². The van der Waals surface area contributed by atoms with E-state index in [4.69, 9.17) is 9.47 Å². The molecule has 0 aromatic heterocycles. The van der Waals surface area contributed by atoms with Crippen LogP contribution in [0.5, 0.6) is 0 Å². The molecule has 2 rings (SSSR count). The number of rotatable bonds is 4. The predicted molar refractivity (Wildman–Crippen MR) is 83.9 cm³/mol. The van der Waals surface area contributed by atoms with Gasteiger partial charge in [-0.05, 0) is 49.5 Å². The summed E-state index contributed by atoms with van der Waals surface area (Å²) in [7, 11) is 0. The van der Waals surface area contributed by atoms with E-state index >= 15 is 0 Å². The third-order valence-corrected chi connectivity index (χ3v) is 4.90. The van der Waals surface area contributed by atoms with E-state index in [-0.39, 0.29) is 18.2 Å². The Morgan fingerprint density at radius 3 is 2.33 bits per heavy atom. The fraction of sp³-hybridized carbons (Fsp3) is 0.833. The highest BCUT2D eigenvalue weighted by Crippen LogP contribution is 2.36. The molecule has 21 heavy (non-hydrogen) atoms. The SMILES string of the molecule is CC(=O)O[C@H]1C=C[C@H](OC2CC(C)CCC2C(C)C)CC1. The van der Waals surface area contributed by atoms with E-state index in [1.165, 1.54) is 26.2 Å². The summed E-state index contributed by atoms with van der Waals surface area (Å²) in [5.41, 5.74) is 0. The zero-order chi connectivity index (χ0) is 15.4. The Balaban J connectivity index is 1.89. The average Bonchev–Trinajstić information content (AvgIpc) is 2.40. The molecule has 120 valence electrons. The first-order valence-corrected chi connectivity index (χ1v) is 8.46. The maximum Gasteiger partial charge on any atom is 0.303 e. The van der Waals surface area contributed by atoms with Crippen molar-refractivity contribution in [3.63, 3.8) is 0 Å². The van der Waals surface area contributed by atoms with Crippen molar-refractivity contribution < 1.29 is 14.3 Å². The molecule has 1 saturated carbocycles. The molecular weight excluding hydrogens is 264 g/mol. The van der Waals surface area contributed by atoms with Crippen molar-refractivity contribution in [1.82, 2.24) is 0 Å². The Hall–Kier alpha value is -0.830. The van der Waals surface area contributed by atoms with E-state index in [9.17, 15) is 4.79 Å². The highest BCUT2D eigenvalue weighted by Gasteiger charge is 2.33. The smallest absolute Gasteiger partial charge is 0.303 e. The van der Waals surface area contributed by atoms with Gasteiger partial charge in [0.15, 0.2) is 0 Å². The normalized spacial score (nSPS) is 36.7. The molecule has 1 fully saturated rings. The average molecular weight is 294 g/mol. The summed E-state index contributed by atoms with van der Waals surface area (Å²) in [5, 5.41) is 0. The van der Waals surface area contributed by atoms with Gasteiger partial charge in [-0.3, -0.25) is 4.79 Å². The lowest BCUT2D eigenvalue weighted by atomic mass is 9.75. The molecule has 0 spiro atoms. The summed E-state index contributed by atoms with van der Waals surface area (Å²) in [4.78, 5) is 11.0. The van der Waals surface area contributed by atoms with Gasteiger partial charge in [0.25, 0.3) is 0 Å². The lowest BCUT2D eigenvalue weighted by Crippen LogP contribution is -2.37. The van der Waals surface area contributed by atoms with Crippen molar-refractivity contribution in [3.05, 3.63) is 12.2 Å². The molecule has 0 amide bonds. The van der Waals surface area contributed by atoms with Gasteiger partial charge >= 0.3 is 5.97 Å². The predicted octanol–water partition coefficient (Wildman–Crippen LogP) is 4.11. The molecule has 0 heterocycles. The van der Waals surface area contributed by atoms with E-state index in [1.807, 2.05) is 6.08 Å². The summed E-state index contributed by atoms with van der Waals surface area (Å²) in [6.07, 6.45) is 10.2. The molecule has 3 nitrogen and oxygen atoms in total. The molecule has 0 bridgehead atoms. The molecule has 0 aromatic carbocycles. The standard InChI is InChI=1S/C18H30O3/c1-12(2)17-10-5-13(3)11-18(17)21-16-8-6-15(7-9-16)20-14(4)19/h6,8,12-13,15-18H,5,7,9-11H2,1-4H3/t13?,15-,16-,17?,18?/m0/s1. The summed E-state index contributed by atoms with van der Waals surface area (Å²) < 4.78 is 11.6. The largest absolute Gasteiger partial charge is 0.458 e. The summed E-state index contributed by atoms with van der Waals surface area (Å²) in [6, 6.07) is 0. The Morgan fingerprint density at radius 1 is 1.10 bits per heavy atom. The minimum atomic E-state index is -0.204. The van der Waals surface area contributed by atoms with E-state index in [0.717, 1.165) is 18.8 Å². The second-order valence-corrected chi connectivity index (χ2v) is 7.15. The van der Waals surface area contributed by atoms with Gasteiger partial charge < -0.3 is 9.47 Å². The molecule has 3 heteroatoms. The van der Waals surface area contributed by atoms with Crippen LogP contribution in [0.4, 0.5) is 0 Å². The van der Waals surface area contributed by atoms with Crippen LogP contribution in [0, 0.1) is 17.8 Å². The molecule has 0 aliphatic heterocycles. The summed E-state index contributed by atoms with van der Waals surface area (Å²) in [5.74, 6) is 1.93. The molecule has 5 atom stereocenters. The van der Waals surface area contributed by atoms with Gasteiger partial charge in [-0.2, -0.15) is 0 Å². The van der Waals surface area contributed by atoms with Gasteiger partial charge in [-0.15, -0.1) is 0 Å². The number of carbonyl (C=O) groups excluding carboxylic acids is 1. The highest BCUT2D eigenvalue weighted by molar-refractivity contribution is 5.66. The lowest BCUT2D eigenvalue weighted by Gasteiger charge is -2.39. The van der Waals surface area contributed by atoms with Crippen molar-refractivity contribution >= 4 is 5.97 Å². The Morgan fingerprint density at radius 2 is 1.76 bits per heavy atom. The maximum absolute atomic E-state index is 11.0. The minimum Gasteiger partial charge on any atom is -0.458 e. The van der Waals surface area contributed by atoms with Crippen molar-refractivity contribution in [2.24, 2.45) is 17.8 Å². The van der Waals surface area contributed by atoms with Gasteiger partial charge in [-0.1, -0.05) is 33.3 Å². The van der Waals surface area contributed by atoms with Crippen LogP contribution in [0.15, 0.2) is 12.2 Å². The monoisotopic (exact) mass is 294 g/mol. The fourth-order valence-electron chi connectivity index (χ4n) is 3.69. The summed E-state index contributed by atoms with van der Waals surface area (Å²) >= 11 is 0. The van der Waals surface area contributed by atoms with Crippen molar-refractivity contribution in [2.75, 3.05) is 0 Å². The molecule has 0 N–H and O–H groups in total. The number of hydrogen-bond donors (Lipinski definition) is 0. The van der Waals surface area contributed by atoms with Crippen molar-refractivity contribution in [3.8, 4) is 0 Å². The fourth-order valence-corrected chi connectivity index (χ4v) is 3.69. The first-order valence-electron chi connectivity index (χ1n) is 8.46. The maximum atomic E-state index is 11.0. The van der Waals surface area contributed by atoms with Crippen molar-refractivity contribution in [1.29, 1.82) is 0 Å². The molecule has 0 saturated heterocycles. The second-order valence-electron chi connectivity index (χ2n) is 7.15. The molecule has 2 aliphatic rings. The zero-order valence-electron chi connectivity index (χ0n) is 13.9. The van der Waals surface area contributed by atoms with Crippen LogP contribution in [0.3, 0.4) is 0 Å². The van der Waals surface area contributed by atoms with Gasteiger partial charge in [0.2, 0.25) is 0 Å². The van der Waals surface area contributed by atoms with Crippen LogP contribution in [0.1, 0.15) is 59.8 Å². The van der Waals surface area contributed by atoms with Crippen LogP contribution in [-0.4, -0.2) is 24.3 Å². The lowest BCUT2D eigenvalue weighted by molar-refractivity contribution is -0.145. The van der Waals surface area contributed by atoms with Gasteiger partial charge in [0, 0.05) is 6.92 Å². The Labute approximate surface area is 129 Å². The highest BCUT2D eigenvalue weighted by atomic mass is 16.5. The Bertz CT molecular complexity index is 375. The zero-order valence-corrected chi connectivity index (χ0v) is 13.9. The van der Waals surface area contributed by atoms with Crippen LogP contribution >= 0.6 is 0 Å². The van der Waals surface area contributed by atoms with Gasteiger partial charge in [0.05, 0.1) is 12.2 Å². The van der Waals surface area contributed by atoms with E-state index in [2.05, 4.69) is 26.8 Å². The molecule has 2 aliphatic carbocycles. The molecule has 0 radical (unpaired) electrons. The van der Waals surface area contributed by atoms with E-state index < -0.39 is 0 Å².